The van der Waals surface area contributed by atoms with E-state index in [0.717, 1.165) is 37.7 Å². The number of rotatable bonds is 3. The van der Waals surface area contributed by atoms with Gasteiger partial charge in [0.2, 0.25) is 5.91 Å². The highest BCUT2D eigenvalue weighted by Crippen LogP contribution is 2.27. The Labute approximate surface area is 113 Å². The van der Waals surface area contributed by atoms with E-state index in [-0.39, 0.29) is 11.7 Å². The molecule has 0 aromatic heterocycles. The second-order valence-corrected chi connectivity index (χ2v) is 5.50. The number of carbonyl (C=O) groups excluding carboxylic acids is 1. The Morgan fingerprint density at radius 2 is 1.84 bits per heavy atom. The molecule has 0 unspecified atom stereocenters. The Bertz CT molecular complexity index is 438. The lowest BCUT2D eigenvalue weighted by atomic mass is 9.81. The summed E-state index contributed by atoms with van der Waals surface area (Å²) in [7, 11) is 1.76. The normalized spacial score (nSPS) is 18.1. The van der Waals surface area contributed by atoms with Gasteiger partial charge >= 0.3 is 0 Å². The summed E-state index contributed by atoms with van der Waals surface area (Å²) in [6.45, 7) is 0.470. The highest BCUT2D eigenvalue weighted by atomic mass is 19.1. The first-order valence-electron chi connectivity index (χ1n) is 6.80. The molecule has 2 rings (SSSR count). The Morgan fingerprint density at radius 3 is 2.42 bits per heavy atom. The van der Waals surface area contributed by atoms with Crippen molar-refractivity contribution in [2.24, 2.45) is 5.73 Å². The summed E-state index contributed by atoms with van der Waals surface area (Å²) >= 11 is 0. The summed E-state index contributed by atoms with van der Waals surface area (Å²) in [6.07, 6.45) is 4.73. The van der Waals surface area contributed by atoms with Crippen LogP contribution in [0.1, 0.15) is 37.7 Å². The lowest BCUT2D eigenvalue weighted by Crippen LogP contribution is -2.55. The van der Waals surface area contributed by atoms with E-state index in [2.05, 4.69) is 0 Å². The van der Waals surface area contributed by atoms with Crippen LogP contribution in [0.2, 0.25) is 0 Å². The molecule has 0 bridgehead atoms. The van der Waals surface area contributed by atoms with Gasteiger partial charge in [0.15, 0.2) is 0 Å². The zero-order chi connectivity index (χ0) is 13.9. The molecular formula is C15H21FN2O. The number of nitrogens with two attached hydrogens (primary N) is 1. The molecule has 0 atom stereocenters. The minimum atomic E-state index is -0.701. The van der Waals surface area contributed by atoms with Crippen LogP contribution in [0.15, 0.2) is 24.3 Å². The van der Waals surface area contributed by atoms with E-state index in [0.29, 0.717) is 6.54 Å². The fourth-order valence-corrected chi connectivity index (χ4v) is 2.71. The zero-order valence-electron chi connectivity index (χ0n) is 11.4. The summed E-state index contributed by atoms with van der Waals surface area (Å²) in [5.74, 6) is -0.267. The molecule has 0 spiro atoms. The third-order valence-electron chi connectivity index (χ3n) is 3.85. The zero-order valence-corrected chi connectivity index (χ0v) is 11.4. The molecule has 19 heavy (non-hydrogen) atoms. The monoisotopic (exact) mass is 264 g/mol. The maximum atomic E-state index is 12.8. The molecule has 0 heterocycles. The average Bonchev–Trinajstić information content (AvgIpc) is 2.41. The van der Waals surface area contributed by atoms with E-state index in [1.165, 1.54) is 12.1 Å². The van der Waals surface area contributed by atoms with Gasteiger partial charge in [0.25, 0.3) is 0 Å². The lowest BCUT2D eigenvalue weighted by molar-refractivity contribution is -0.137. The van der Waals surface area contributed by atoms with E-state index < -0.39 is 5.54 Å². The molecule has 1 aliphatic rings. The fraction of sp³-hybridized carbons (Fsp3) is 0.533. The summed E-state index contributed by atoms with van der Waals surface area (Å²) in [6, 6.07) is 6.21. The SMILES string of the molecule is CN(Cc1ccc(F)cc1)C(=O)C1(N)CCCCC1. The molecule has 0 aliphatic heterocycles. The molecule has 3 nitrogen and oxygen atoms in total. The van der Waals surface area contributed by atoms with Gasteiger partial charge < -0.3 is 10.6 Å². The highest BCUT2D eigenvalue weighted by molar-refractivity contribution is 5.86. The molecule has 1 fully saturated rings. The van der Waals surface area contributed by atoms with E-state index in [9.17, 15) is 9.18 Å². The van der Waals surface area contributed by atoms with Gasteiger partial charge in [0.1, 0.15) is 5.82 Å². The number of benzene rings is 1. The molecule has 2 N–H and O–H groups in total. The van der Waals surface area contributed by atoms with Crippen LogP contribution in [0.25, 0.3) is 0 Å². The second-order valence-electron chi connectivity index (χ2n) is 5.50. The third kappa shape index (κ3) is 3.32. The van der Waals surface area contributed by atoms with E-state index in [1.54, 1.807) is 24.1 Å². The van der Waals surface area contributed by atoms with Gasteiger partial charge in [-0.3, -0.25) is 4.79 Å². The maximum Gasteiger partial charge on any atom is 0.242 e. The van der Waals surface area contributed by atoms with Gasteiger partial charge in [-0.15, -0.1) is 0 Å². The van der Waals surface area contributed by atoms with Crippen LogP contribution in [-0.4, -0.2) is 23.4 Å². The van der Waals surface area contributed by atoms with Crippen LogP contribution in [-0.2, 0) is 11.3 Å². The predicted octanol–water partition coefficient (Wildman–Crippen LogP) is 2.45. The summed E-state index contributed by atoms with van der Waals surface area (Å²) in [5, 5.41) is 0. The van der Waals surface area contributed by atoms with Crippen molar-refractivity contribution in [2.45, 2.75) is 44.2 Å². The molecule has 104 valence electrons. The first-order chi connectivity index (χ1) is 9.01. The van der Waals surface area contributed by atoms with Crippen molar-refractivity contribution in [3.05, 3.63) is 35.6 Å². The number of likely N-dealkylation sites (N-methyl/N-ethyl adjacent to an activating group) is 1. The Morgan fingerprint density at radius 1 is 1.26 bits per heavy atom. The quantitative estimate of drug-likeness (QED) is 0.911. The van der Waals surface area contributed by atoms with Crippen LogP contribution >= 0.6 is 0 Å². The lowest BCUT2D eigenvalue weighted by Gasteiger charge is -2.35. The average molecular weight is 264 g/mol. The van der Waals surface area contributed by atoms with Crippen LogP contribution in [0, 0.1) is 5.82 Å². The van der Waals surface area contributed by atoms with Crippen LogP contribution in [0.4, 0.5) is 4.39 Å². The first-order valence-corrected chi connectivity index (χ1v) is 6.80. The molecular weight excluding hydrogens is 243 g/mol. The van der Waals surface area contributed by atoms with Gasteiger partial charge in [-0.1, -0.05) is 31.4 Å². The van der Waals surface area contributed by atoms with Crippen molar-refractivity contribution < 1.29 is 9.18 Å². The van der Waals surface area contributed by atoms with E-state index in [4.69, 9.17) is 5.73 Å². The van der Waals surface area contributed by atoms with Crippen LogP contribution in [0.3, 0.4) is 0 Å². The van der Waals surface area contributed by atoms with Gasteiger partial charge in [-0.2, -0.15) is 0 Å². The van der Waals surface area contributed by atoms with Gasteiger partial charge in [0.05, 0.1) is 5.54 Å². The minimum Gasteiger partial charge on any atom is -0.340 e. The van der Waals surface area contributed by atoms with Gasteiger partial charge in [0, 0.05) is 13.6 Å². The molecule has 1 saturated carbocycles. The predicted molar refractivity (Wildman–Crippen MR) is 72.9 cm³/mol. The summed E-state index contributed by atoms with van der Waals surface area (Å²) < 4.78 is 12.8. The minimum absolute atomic E-state index is 0.00322. The van der Waals surface area contributed by atoms with Gasteiger partial charge in [-0.25, -0.2) is 4.39 Å². The largest absolute Gasteiger partial charge is 0.340 e. The van der Waals surface area contributed by atoms with Crippen molar-refractivity contribution in [3.63, 3.8) is 0 Å². The number of carbonyl (C=O) groups is 1. The van der Waals surface area contributed by atoms with Crippen molar-refractivity contribution >= 4 is 5.91 Å². The molecule has 1 aromatic carbocycles. The molecule has 0 radical (unpaired) electrons. The number of hydrogen-bond acceptors (Lipinski definition) is 2. The molecule has 1 amide bonds. The third-order valence-corrected chi connectivity index (χ3v) is 3.85. The number of amides is 1. The van der Waals surface area contributed by atoms with E-state index >= 15 is 0 Å². The Balaban J connectivity index is 2.00. The van der Waals surface area contributed by atoms with Crippen LogP contribution < -0.4 is 5.73 Å². The smallest absolute Gasteiger partial charge is 0.242 e. The van der Waals surface area contributed by atoms with Crippen molar-refractivity contribution in [1.29, 1.82) is 0 Å². The van der Waals surface area contributed by atoms with Gasteiger partial charge in [-0.05, 0) is 30.5 Å². The molecule has 4 heteroatoms. The Hall–Kier alpha value is -1.42. The Kier molecular flexibility index (Phi) is 4.20. The highest BCUT2D eigenvalue weighted by Gasteiger charge is 2.37. The van der Waals surface area contributed by atoms with Crippen molar-refractivity contribution in [2.75, 3.05) is 7.05 Å². The molecule has 1 aromatic rings. The number of halogens is 1. The fourth-order valence-electron chi connectivity index (χ4n) is 2.71. The standard InChI is InChI=1S/C15H21FN2O/c1-18(11-12-5-7-13(16)8-6-12)14(19)15(17)9-3-2-4-10-15/h5-8H,2-4,9-11,17H2,1H3. The number of hydrogen-bond donors (Lipinski definition) is 1. The number of nitrogens with zero attached hydrogens (tertiary/aromatic N) is 1. The summed E-state index contributed by atoms with van der Waals surface area (Å²) in [4.78, 5) is 14.1. The summed E-state index contributed by atoms with van der Waals surface area (Å²) in [5.41, 5.74) is 6.44. The maximum absolute atomic E-state index is 12.8. The first kappa shape index (κ1) is 14.0. The topological polar surface area (TPSA) is 46.3 Å². The van der Waals surface area contributed by atoms with Crippen molar-refractivity contribution in [1.82, 2.24) is 4.90 Å². The van der Waals surface area contributed by atoms with Crippen molar-refractivity contribution in [3.8, 4) is 0 Å². The van der Waals surface area contributed by atoms with Crippen LogP contribution in [0.5, 0.6) is 0 Å². The molecule has 1 aliphatic carbocycles. The second kappa shape index (κ2) is 5.70. The van der Waals surface area contributed by atoms with E-state index in [1.807, 2.05) is 0 Å². The molecule has 0 saturated heterocycles.